The molecule has 0 fully saturated rings. The molecule has 0 bridgehead atoms. The van der Waals surface area contributed by atoms with E-state index in [1.807, 2.05) is 6.08 Å². The number of azide groups is 1. The van der Waals surface area contributed by atoms with Crippen molar-refractivity contribution in [3.8, 4) is 0 Å². The molecule has 0 aromatic heterocycles. The van der Waals surface area contributed by atoms with Crippen LogP contribution in [0.1, 0.15) is 53.4 Å². The normalized spacial score (nSPS) is 12.0. The molecule has 0 N–H and O–H groups in total. The first-order valence-corrected chi connectivity index (χ1v) is 6.51. The topological polar surface area (TPSA) is 48.8 Å². The Morgan fingerprint density at radius 2 is 1.50 bits per heavy atom. The highest BCUT2D eigenvalue weighted by atomic mass is 15.1. The van der Waals surface area contributed by atoms with Crippen LogP contribution in [-0.2, 0) is 0 Å². The first-order chi connectivity index (χ1) is 8.56. The van der Waals surface area contributed by atoms with Crippen molar-refractivity contribution >= 4 is 0 Å². The molecule has 0 aromatic carbocycles. The molecule has 0 heterocycles. The van der Waals surface area contributed by atoms with Gasteiger partial charge in [0.1, 0.15) is 0 Å². The molecule has 0 saturated carbocycles. The largest absolute Gasteiger partial charge is 0.0899 e. The summed E-state index contributed by atoms with van der Waals surface area (Å²) in [6, 6.07) is 0. The lowest BCUT2D eigenvalue weighted by atomic mass is 10.1. The average Bonchev–Trinajstić information content (AvgIpc) is 2.29. The van der Waals surface area contributed by atoms with Gasteiger partial charge in [-0.25, -0.2) is 0 Å². The Bertz CT molecular complexity index is 365. The highest BCUT2D eigenvalue weighted by molar-refractivity contribution is 5.05. The lowest BCUT2D eigenvalue weighted by molar-refractivity contribution is 0.914. The van der Waals surface area contributed by atoms with Crippen LogP contribution in [-0.4, -0.2) is 6.54 Å². The van der Waals surface area contributed by atoms with E-state index in [4.69, 9.17) is 5.53 Å². The van der Waals surface area contributed by atoms with Gasteiger partial charge in [0, 0.05) is 11.5 Å². The van der Waals surface area contributed by atoms with Crippen LogP contribution in [0.25, 0.3) is 10.4 Å². The summed E-state index contributed by atoms with van der Waals surface area (Å²) in [6.07, 6.45) is 11.0. The van der Waals surface area contributed by atoms with Crippen LogP contribution in [0.5, 0.6) is 0 Å². The Labute approximate surface area is 111 Å². The molecule has 3 nitrogen and oxygen atoms in total. The van der Waals surface area contributed by atoms with E-state index in [0.717, 1.165) is 25.7 Å². The van der Waals surface area contributed by atoms with Crippen molar-refractivity contribution < 1.29 is 0 Å². The number of rotatable bonds is 8. The minimum absolute atomic E-state index is 0.464. The maximum Gasteiger partial charge on any atom is 0.0442 e. The third-order valence-electron chi connectivity index (χ3n) is 2.71. The monoisotopic (exact) mass is 247 g/mol. The molecule has 0 atom stereocenters. The van der Waals surface area contributed by atoms with Crippen molar-refractivity contribution in [1.82, 2.24) is 0 Å². The predicted molar refractivity (Wildman–Crippen MR) is 79.4 cm³/mol. The van der Waals surface area contributed by atoms with Gasteiger partial charge in [-0.15, -0.1) is 0 Å². The second-order valence-corrected chi connectivity index (χ2v) is 4.87. The van der Waals surface area contributed by atoms with E-state index in [2.05, 4.69) is 49.9 Å². The predicted octanol–water partition coefficient (Wildman–Crippen LogP) is 5.72. The standard InChI is InChI=1S/C15H25N3/c1-13(2)7-5-8-14(3)9-6-10-15(4)11-12-17-18-16/h7,9,11H,5-6,8,10,12H2,1-4H3/b14-9?,15-11+. The Hall–Kier alpha value is -1.47. The third kappa shape index (κ3) is 11.0. The van der Waals surface area contributed by atoms with Crippen molar-refractivity contribution in [2.45, 2.75) is 53.4 Å². The Morgan fingerprint density at radius 1 is 0.944 bits per heavy atom. The molecule has 100 valence electrons. The van der Waals surface area contributed by atoms with E-state index >= 15 is 0 Å². The highest BCUT2D eigenvalue weighted by Gasteiger charge is 1.91. The third-order valence-corrected chi connectivity index (χ3v) is 2.71. The second-order valence-electron chi connectivity index (χ2n) is 4.87. The van der Waals surface area contributed by atoms with Crippen LogP contribution >= 0.6 is 0 Å². The van der Waals surface area contributed by atoms with Crippen molar-refractivity contribution in [1.29, 1.82) is 0 Å². The van der Waals surface area contributed by atoms with Crippen LogP contribution in [0, 0.1) is 0 Å². The highest BCUT2D eigenvalue weighted by Crippen LogP contribution is 2.11. The van der Waals surface area contributed by atoms with Gasteiger partial charge in [0.2, 0.25) is 0 Å². The van der Waals surface area contributed by atoms with E-state index in [1.165, 1.54) is 16.7 Å². The van der Waals surface area contributed by atoms with Crippen LogP contribution in [0.4, 0.5) is 0 Å². The van der Waals surface area contributed by atoms with Gasteiger partial charge in [-0.05, 0) is 58.9 Å². The molecule has 0 amide bonds. The number of allylic oxidation sites excluding steroid dienone is 5. The maximum atomic E-state index is 8.16. The summed E-state index contributed by atoms with van der Waals surface area (Å²) in [4.78, 5) is 2.73. The number of hydrogen-bond acceptors (Lipinski definition) is 1. The molecule has 0 unspecified atom stereocenters. The number of hydrogen-bond donors (Lipinski definition) is 0. The Kier molecular flexibility index (Phi) is 9.80. The smallest absolute Gasteiger partial charge is 0.0442 e. The SMILES string of the molecule is CC(C)=CCCC(C)=CCC/C(C)=C/CN=[N+]=[N-]. The van der Waals surface area contributed by atoms with Gasteiger partial charge >= 0.3 is 0 Å². The summed E-state index contributed by atoms with van der Waals surface area (Å²) in [6.45, 7) is 9.01. The minimum atomic E-state index is 0.464. The molecule has 0 spiro atoms. The molecule has 0 aromatic rings. The van der Waals surface area contributed by atoms with E-state index in [-0.39, 0.29) is 0 Å². The van der Waals surface area contributed by atoms with Gasteiger partial charge in [0.15, 0.2) is 0 Å². The zero-order valence-electron chi connectivity index (χ0n) is 12.1. The molecule has 0 aliphatic rings. The van der Waals surface area contributed by atoms with E-state index in [0.29, 0.717) is 6.54 Å². The van der Waals surface area contributed by atoms with Crippen molar-refractivity contribution in [2.24, 2.45) is 5.11 Å². The van der Waals surface area contributed by atoms with Crippen molar-refractivity contribution in [3.63, 3.8) is 0 Å². The summed E-state index contributed by atoms with van der Waals surface area (Å²) in [5.74, 6) is 0. The van der Waals surface area contributed by atoms with E-state index < -0.39 is 0 Å². The molecule has 0 saturated heterocycles. The molecule has 18 heavy (non-hydrogen) atoms. The quantitative estimate of drug-likeness (QED) is 0.228. The zero-order valence-corrected chi connectivity index (χ0v) is 12.1. The van der Waals surface area contributed by atoms with E-state index in [9.17, 15) is 0 Å². The fraction of sp³-hybridized carbons (Fsp3) is 0.600. The lowest BCUT2D eigenvalue weighted by Gasteiger charge is -2.00. The lowest BCUT2D eigenvalue weighted by Crippen LogP contribution is -1.81. The summed E-state index contributed by atoms with van der Waals surface area (Å²) in [7, 11) is 0. The molecular weight excluding hydrogens is 222 g/mol. The summed E-state index contributed by atoms with van der Waals surface area (Å²) in [5, 5.41) is 3.49. The summed E-state index contributed by atoms with van der Waals surface area (Å²) in [5.41, 5.74) is 12.3. The maximum absolute atomic E-state index is 8.16. The fourth-order valence-electron chi connectivity index (χ4n) is 1.57. The molecule has 0 aliphatic heterocycles. The van der Waals surface area contributed by atoms with E-state index in [1.54, 1.807) is 0 Å². The Morgan fingerprint density at radius 3 is 2.06 bits per heavy atom. The van der Waals surface area contributed by atoms with Crippen molar-refractivity contribution in [3.05, 3.63) is 45.4 Å². The average molecular weight is 247 g/mol. The van der Waals surface area contributed by atoms with Crippen LogP contribution in [0.2, 0.25) is 0 Å². The van der Waals surface area contributed by atoms with Gasteiger partial charge in [0.25, 0.3) is 0 Å². The first-order valence-electron chi connectivity index (χ1n) is 6.51. The zero-order chi connectivity index (χ0) is 13.8. The molecule has 3 heteroatoms. The first kappa shape index (κ1) is 16.5. The molecule has 0 aliphatic carbocycles. The minimum Gasteiger partial charge on any atom is -0.0899 e. The molecular formula is C15H25N3. The molecule has 0 radical (unpaired) electrons. The van der Waals surface area contributed by atoms with Crippen molar-refractivity contribution in [2.75, 3.05) is 6.54 Å². The molecule has 0 rings (SSSR count). The van der Waals surface area contributed by atoms with Gasteiger partial charge in [-0.1, -0.05) is 40.1 Å². The van der Waals surface area contributed by atoms with Gasteiger partial charge in [-0.3, -0.25) is 0 Å². The number of nitrogens with zero attached hydrogens (tertiary/aromatic N) is 3. The fourth-order valence-corrected chi connectivity index (χ4v) is 1.57. The summed E-state index contributed by atoms with van der Waals surface area (Å²) >= 11 is 0. The van der Waals surface area contributed by atoms with Gasteiger partial charge in [-0.2, -0.15) is 0 Å². The van der Waals surface area contributed by atoms with Gasteiger partial charge in [0.05, 0.1) is 0 Å². The van der Waals surface area contributed by atoms with Crippen LogP contribution < -0.4 is 0 Å². The second kappa shape index (κ2) is 10.7. The van der Waals surface area contributed by atoms with Crippen LogP contribution in [0.15, 0.2) is 40.1 Å². The Balaban J connectivity index is 3.89. The summed E-state index contributed by atoms with van der Waals surface area (Å²) < 4.78 is 0. The van der Waals surface area contributed by atoms with Gasteiger partial charge < -0.3 is 0 Å². The van der Waals surface area contributed by atoms with Crippen LogP contribution in [0.3, 0.4) is 0 Å².